The van der Waals surface area contributed by atoms with Crippen molar-refractivity contribution in [1.29, 1.82) is 0 Å². The zero-order valence-electron chi connectivity index (χ0n) is 10.4. The first kappa shape index (κ1) is 12.2. The molecule has 0 aliphatic heterocycles. The van der Waals surface area contributed by atoms with Crippen LogP contribution in [0.5, 0.6) is 5.75 Å². The van der Waals surface area contributed by atoms with Crippen LogP contribution in [0.4, 0.5) is 0 Å². The highest BCUT2D eigenvalue weighted by Gasteiger charge is 2.07. The molecule has 1 heterocycles. The van der Waals surface area contributed by atoms with E-state index in [0.717, 1.165) is 23.3 Å². The molecule has 18 heavy (non-hydrogen) atoms. The largest absolute Gasteiger partial charge is 0.496 e. The lowest BCUT2D eigenvalue weighted by molar-refractivity contribution is 0.111. The molecular formula is C14H14N2O2. The Morgan fingerprint density at radius 3 is 2.78 bits per heavy atom. The average Bonchev–Trinajstić information content (AvgIpc) is 2.38. The van der Waals surface area contributed by atoms with Gasteiger partial charge in [-0.2, -0.15) is 0 Å². The van der Waals surface area contributed by atoms with Crippen molar-refractivity contribution in [2.24, 2.45) is 0 Å². The van der Waals surface area contributed by atoms with Crippen LogP contribution in [0.1, 0.15) is 27.6 Å². The number of aryl methyl sites for hydroxylation is 1. The molecule has 0 aliphatic rings. The number of hydrogen-bond donors (Lipinski definition) is 0. The third kappa shape index (κ3) is 2.71. The van der Waals surface area contributed by atoms with Crippen LogP contribution in [0.15, 0.2) is 30.3 Å². The van der Waals surface area contributed by atoms with Crippen molar-refractivity contribution in [3.8, 4) is 5.75 Å². The molecule has 0 N–H and O–H groups in total. The van der Waals surface area contributed by atoms with Gasteiger partial charge in [-0.05, 0) is 19.1 Å². The molecule has 0 atom stereocenters. The van der Waals surface area contributed by atoms with Crippen molar-refractivity contribution in [3.05, 3.63) is 53.1 Å². The molecule has 2 aromatic rings. The normalized spacial score (nSPS) is 10.1. The number of hydrogen-bond acceptors (Lipinski definition) is 4. The van der Waals surface area contributed by atoms with Crippen LogP contribution in [0.25, 0.3) is 0 Å². The van der Waals surface area contributed by atoms with E-state index in [-0.39, 0.29) is 0 Å². The summed E-state index contributed by atoms with van der Waals surface area (Å²) in [5.41, 5.74) is 2.20. The molecule has 0 fully saturated rings. The van der Waals surface area contributed by atoms with E-state index in [1.165, 1.54) is 0 Å². The lowest BCUT2D eigenvalue weighted by atomic mass is 10.1. The van der Waals surface area contributed by atoms with Gasteiger partial charge in [0, 0.05) is 17.7 Å². The SMILES string of the molecule is COc1ccccc1Cc1nc(C)cc(C=O)n1. The minimum absolute atomic E-state index is 0.410. The predicted molar refractivity (Wildman–Crippen MR) is 68.0 cm³/mol. The fourth-order valence-corrected chi connectivity index (χ4v) is 1.81. The summed E-state index contributed by atoms with van der Waals surface area (Å²) < 4.78 is 5.28. The molecule has 1 aromatic carbocycles. The molecule has 0 saturated heterocycles. The van der Waals surface area contributed by atoms with Gasteiger partial charge < -0.3 is 4.74 Å². The summed E-state index contributed by atoms with van der Waals surface area (Å²) in [6, 6.07) is 9.38. The summed E-state index contributed by atoms with van der Waals surface area (Å²) in [7, 11) is 1.63. The molecule has 0 unspecified atom stereocenters. The second-order valence-electron chi connectivity index (χ2n) is 3.96. The van der Waals surface area contributed by atoms with E-state index < -0.39 is 0 Å². The van der Waals surface area contributed by atoms with Crippen LogP contribution in [0, 0.1) is 6.92 Å². The second kappa shape index (κ2) is 5.40. The maximum atomic E-state index is 10.8. The Kier molecular flexibility index (Phi) is 3.67. The maximum Gasteiger partial charge on any atom is 0.168 e. The molecule has 0 radical (unpaired) electrons. The van der Waals surface area contributed by atoms with E-state index in [1.54, 1.807) is 13.2 Å². The standard InChI is InChI=1S/C14H14N2O2/c1-10-7-12(9-17)16-14(15-10)8-11-5-3-4-6-13(11)18-2/h3-7,9H,8H2,1-2H3. The molecule has 4 heteroatoms. The average molecular weight is 242 g/mol. The van der Waals surface area contributed by atoms with Gasteiger partial charge in [0.15, 0.2) is 6.29 Å². The van der Waals surface area contributed by atoms with Crippen LogP contribution >= 0.6 is 0 Å². The van der Waals surface area contributed by atoms with Gasteiger partial charge in [-0.3, -0.25) is 4.79 Å². The smallest absolute Gasteiger partial charge is 0.168 e. The number of nitrogens with zero attached hydrogens (tertiary/aromatic N) is 2. The number of para-hydroxylation sites is 1. The lowest BCUT2D eigenvalue weighted by Crippen LogP contribution is -2.03. The van der Waals surface area contributed by atoms with Gasteiger partial charge in [0.1, 0.15) is 17.3 Å². The molecule has 0 saturated carbocycles. The fraction of sp³-hybridized carbons (Fsp3) is 0.214. The number of ether oxygens (including phenoxy) is 1. The molecule has 0 bridgehead atoms. The maximum absolute atomic E-state index is 10.8. The van der Waals surface area contributed by atoms with Gasteiger partial charge in [-0.1, -0.05) is 18.2 Å². The summed E-state index contributed by atoms with van der Waals surface area (Å²) >= 11 is 0. The number of rotatable bonds is 4. The molecule has 0 amide bonds. The number of carbonyl (C=O) groups is 1. The van der Waals surface area contributed by atoms with Crippen LogP contribution in [0.3, 0.4) is 0 Å². The van der Waals surface area contributed by atoms with Gasteiger partial charge in [0.25, 0.3) is 0 Å². The first-order valence-corrected chi connectivity index (χ1v) is 5.64. The molecular weight excluding hydrogens is 228 g/mol. The van der Waals surface area contributed by atoms with Crippen molar-refractivity contribution in [2.75, 3.05) is 7.11 Å². The second-order valence-corrected chi connectivity index (χ2v) is 3.96. The van der Waals surface area contributed by atoms with E-state index >= 15 is 0 Å². The number of aldehydes is 1. The highest BCUT2D eigenvalue weighted by molar-refractivity contribution is 5.71. The van der Waals surface area contributed by atoms with E-state index in [2.05, 4.69) is 9.97 Å². The Hall–Kier alpha value is -2.23. The molecule has 0 aliphatic carbocycles. The summed E-state index contributed by atoms with van der Waals surface area (Å²) in [4.78, 5) is 19.3. The minimum atomic E-state index is 0.410. The van der Waals surface area contributed by atoms with Gasteiger partial charge in [-0.25, -0.2) is 9.97 Å². The lowest BCUT2D eigenvalue weighted by Gasteiger charge is -2.07. The van der Waals surface area contributed by atoms with Crippen LogP contribution in [-0.2, 0) is 6.42 Å². The highest BCUT2D eigenvalue weighted by Crippen LogP contribution is 2.19. The van der Waals surface area contributed by atoms with Crippen molar-refractivity contribution in [2.45, 2.75) is 13.3 Å². The third-order valence-corrected chi connectivity index (χ3v) is 2.58. The summed E-state index contributed by atoms with van der Waals surface area (Å²) in [6.45, 7) is 1.85. The zero-order valence-corrected chi connectivity index (χ0v) is 10.4. The summed E-state index contributed by atoms with van der Waals surface area (Å²) in [6.07, 6.45) is 1.28. The Morgan fingerprint density at radius 1 is 1.28 bits per heavy atom. The Balaban J connectivity index is 2.33. The summed E-state index contributed by atoms with van der Waals surface area (Å²) in [5, 5.41) is 0. The third-order valence-electron chi connectivity index (χ3n) is 2.58. The molecule has 92 valence electrons. The van der Waals surface area contributed by atoms with Gasteiger partial charge >= 0.3 is 0 Å². The molecule has 0 spiro atoms. The van der Waals surface area contributed by atoms with Crippen molar-refractivity contribution in [1.82, 2.24) is 9.97 Å². The van der Waals surface area contributed by atoms with Crippen molar-refractivity contribution < 1.29 is 9.53 Å². The van der Waals surface area contributed by atoms with Crippen LogP contribution < -0.4 is 4.74 Å². The highest BCUT2D eigenvalue weighted by atomic mass is 16.5. The number of benzene rings is 1. The van der Waals surface area contributed by atoms with E-state index in [0.29, 0.717) is 17.9 Å². The Bertz CT molecular complexity index is 567. The molecule has 1 aromatic heterocycles. The first-order valence-electron chi connectivity index (χ1n) is 5.64. The number of aromatic nitrogens is 2. The zero-order chi connectivity index (χ0) is 13.0. The quantitative estimate of drug-likeness (QED) is 0.771. The number of methoxy groups -OCH3 is 1. The monoisotopic (exact) mass is 242 g/mol. The molecule has 2 rings (SSSR count). The van der Waals surface area contributed by atoms with Crippen LogP contribution in [0.2, 0.25) is 0 Å². The minimum Gasteiger partial charge on any atom is -0.496 e. The fourth-order valence-electron chi connectivity index (χ4n) is 1.81. The Morgan fingerprint density at radius 2 is 2.06 bits per heavy atom. The van der Waals surface area contributed by atoms with Gasteiger partial charge in [0.05, 0.1) is 7.11 Å². The topological polar surface area (TPSA) is 52.1 Å². The van der Waals surface area contributed by atoms with E-state index in [9.17, 15) is 4.79 Å². The van der Waals surface area contributed by atoms with Gasteiger partial charge in [0.2, 0.25) is 0 Å². The first-order chi connectivity index (χ1) is 8.72. The summed E-state index contributed by atoms with van der Waals surface area (Å²) in [5.74, 6) is 1.43. The van der Waals surface area contributed by atoms with Gasteiger partial charge in [-0.15, -0.1) is 0 Å². The molecule has 4 nitrogen and oxygen atoms in total. The van der Waals surface area contributed by atoms with Crippen molar-refractivity contribution >= 4 is 6.29 Å². The van der Waals surface area contributed by atoms with E-state index in [4.69, 9.17) is 4.74 Å². The van der Waals surface area contributed by atoms with Crippen LogP contribution in [-0.4, -0.2) is 23.4 Å². The van der Waals surface area contributed by atoms with Crippen molar-refractivity contribution in [3.63, 3.8) is 0 Å². The Labute approximate surface area is 106 Å². The predicted octanol–water partition coefficient (Wildman–Crippen LogP) is 2.20. The number of carbonyl (C=O) groups excluding carboxylic acids is 1. The van der Waals surface area contributed by atoms with E-state index in [1.807, 2.05) is 31.2 Å².